The molecule has 1 aromatic carbocycles. The van der Waals surface area contributed by atoms with Gasteiger partial charge in [0.15, 0.2) is 0 Å². The highest BCUT2D eigenvalue weighted by Gasteiger charge is 2.22. The van der Waals surface area contributed by atoms with Crippen molar-refractivity contribution in [3.8, 4) is 0 Å². The molecule has 0 saturated heterocycles. The molecule has 0 atom stereocenters. The van der Waals surface area contributed by atoms with Crippen LogP contribution in [0.2, 0.25) is 0 Å². The summed E-state index contributed by atoms with van der Waals surface area (Å²) in [5.74, 6) is -0.467. The number of rotatable bonds is 5. The van der Waals surface area contributed by atoms with Gasteiger partial charge in [-0.15, -0.1) is 0 Å². The van der Waals surface area contributed by atoms with Crippen LogP contribution in [-0.2, 0) is 20.0 Å². The van der Waals surface area contributed by atoms with Crippen LogP contribution in [0.4, 0.5) is 5.69 Å². The van der Waals surface area contributed by atoms with E-state index in [0.717, 1.165) is 5.56 Å². The first-order valence-corrected chi connectivity index (χ1v) is 9.02. The molecule has 9 heteroatoms. The van der Waals surface area contributed by atoms with Gasteiger partial charge in [0.05, 0.1) is 10.6 Å². The topological polar surface area (TPSA) is 132 Å². The lowest BCUT2D eigenvalue weighted by molar-refractivity contribution is 0.580. The molecule has 0 amide bonds. The summed E-state index contributed by atoms with van der Waals surface area (Å²) in [7, 11) is -7.56. The smallest absolute Gasteiger partial charge is 0.241 e. The van der Waals surface area contributed by atoms with Gasteiger partial charge in [0.2, 0.25) is 20.0 Å². The SMILES string of the molecule is Cc1cc(N)c(C)c(S(=O)(=O)NCCS(N)(=O)=O)c1C. The number of sulfonamides is 2. The normalized spacial score (nSPS) is 12.6. The van der Waals surface area contributed by atoms with E-state index >= 15 is 0 Å². The highest BCUT2D eigenvalue weighted by Crippen LogP contribution is 2.27. The van der Waals surface area contributed by atoms with Gasteiger partial charge in [-0.1, -0.05) is 0 Å². The van der Waals surface area contributed by atoms with Gasteiger partial charge in [-0.3, -0.25) is 0 Å². The van der Waals surface area contributed by atoms with Gasteiger partial charge in [0.25, 0.3) is 0 Å². The van der Waals surface area contributed by atoms with Crippen LogP contribution in [0.15, 0.2) is 11.0 Å². The van der Waals surface area contributed by atoms with E-state index in [9.17, 15) is 16.8 Å². The molecule has 0 bridgehead atoms. The first-order chi connectivity index (χ1) is 8.96. The highest BCUT2D eigenvalue weighted by atomic mass is 32.2. The Bertz CT molecular complexity index is 698. The summed E-state index contributed by atoms with van der Waals surface area (Å²) >= 11 is 0. The summed E-state index contributed by atoms with van der Waals surface area (Å²) in [4.78, 5) is 0.0874. The van der Waals surface area contributed by atoms with Crippen LogP contribution in [0, 0.1) is 20.8 Å². The first-order valence-electron chi connectivity index (χ1n) is 5.82. The van der Waals surface area contributed by atoms with E-state index in [1.807, 2.05) is 0 Å². The third-order valence-electron chi connectivity index (χ3n) is 3.03. The quantitative estimate of drug-likeness (QED) is 0.644. The van der Waals surface area contributed by atoms with E-state index in [2.05, 4.69) is 4.72 Å². The van der Waals surface area contributed by atoms with Crippen molar-refractivity contribution < 1.29 is 16.8 Å². The summed E-state index contributed by atoms with van der Waals surface area (Å²) in [6.45, 7) is 4.76. The minimum absolute atomic E-state index is 0.0874. The molecule has 0 aliphatic carbocycles. The third kappa shape index (κ3) is 3.92. The third-order valence-corrected chi connectivity index (χ3v) is 5.53. The van der Waals surface area contributed by atoms with Crippen LogP contribution in [0.25, 0.3) is 0 Å². The second kappa shape index (κ2) is 5.68. The Kier molecular flexibility index (Phi) is 4.80. The van der Waals surface area contributed by atoms with Gasteiger partial charge in [-0.25, -0.2) is 26.7 Å². The van der Waals surface area contributed by atoms with Gasteiger partial charge in [0.1, 0.15) is 0 Å². The average Bonchev–Trinajstić information content (AvgIpc) is 2.24. The fraction of sp³-hybridized carbons (Fsp3) is 0.455. The van der Waals surface area contributed by atoms with Crippen LogP contribution in [0.1, 0.15) is 16.7 Å². The van der Waals surface area contributed by atoms with E-state index in [-0.39, 0.29) is 11.4 Å². The lowest BCUT2D eigenvalue weighted by Crippen LogP contribution is -2.32. The molecule has 0 heterocycles. The van der Waals surface area contributed by atoms with E-state index in [1.165, 1.54) is 0 Å². The fourth-order valence-electron chi connectivity index (χ4n) is 1.83. The number of hydrogen-bond donors (Lipinski definition) is 3. The van der Waals surface area contributed by atoms with Gasteiger partial charge < -0.3 is 5.73 Å². The van der Waals surface area contributed by atoms with Crippen LogP contribution in [0.3, 0.4) is 0 Å². The molecule has 1 rings (SSSR count). The summed E-state index contributed by atoms with van der Waals surface area (Å²) in [5.41, 5.74) is 7.93. The summed E-state index contributed by atoms with van der Waals surface area (Å²) < 4.78 is 48.4. The molecule has 0 aromatic heterocycles. The second-order valence-corrected chi connectivity index (χ2v) is 8.06. The lowest BCUT2D eigenvalue weighted by Gasteiger charge is -2.15. The number of hydrogen-bond acceptors (Lipinski definition) is 5. The summed E-state index contributed by atoms with van der Waals surface area (Å²) in [6.07, 6.45) is 0. The predicted molar refractivity (Wildman–Crippen MR) is 78.2 cm³/mol. The number of benzene rings is 1. The van der Waals surface area contributed by atoms with Gasteiger partial charge in [0, 0.05) is 12.2 Å². The molecule has 0 saturated carbocycles. The van der Waals surface area contributed by atoms with Crippen LogP contribution < -0.4 is 15.6 Å². The number of aryl methyl sites for hydroxylation is 1. The summed E-state index contributed by atoms with van der Waals surface area (Å²) in [5, 5.41) is 4.83. The molecule has 7 nitrogen and oxygen atoms in total. The van der Waals surface area contributed by atoms with E-state index < -0.39 is 25.8 Å². The first kappa shape index (κ1) is 16.9. The number of anilines is 1. The Balaban J connectivity index is 3.17. The molecular weight excluding hydrogens is 302 g/mol. The molecule has 0 unspecified atom stereocenters. The zero-order chi connectivity index (χ0) is 15.7. The standard InChI is InChI=1S/C11H19N3O4S2/c1-7-6-10(12)9(3)11(8(7)2)20(17,18)14-4-5-19(13,15)16/h6,14H,4-5,12H2,1-3H3,(H2,13,15,16). The van der Waals surface area contributed by atoms with Crippen LogP contribution in [-0.4, -0.2) is 29.1 Å². The molecule has 1 aromatic rings. The minimum atomic E-state index is -3.84. The molecule has 0 radical (unpaired) electrons. The molecule has 0 aliphatic rings. The van der Waals surface area contributed by atoms with Crippen molar-refractivity contribution in [2.24, 2.45) is 5.14 Å². The maximum Gasteiger partial charge on any atom is 0.241 e. The molecule has 114 valence electrons. The Morgan fingerprint density at radius 3 is 2.15 bits per heavy atom. The highest BCUT2D eigenvalue weighted by molar-refractivity contribution is 7.90. The molecular formula is C11H19N3O4S2. The molecule has 0 fully saturated rings. The van der Waals surface area contributed by atoms with Crippen molar-refractivity contribution in [2.75, 3.05) is 18.0 Å². The Morgan fingerprint density at radius 1 is 1.10 bits per heavy atom. The van der Waals surface area contributed by atoms with Gasteiger partial charge >= 0.3 is 0 Å². The monoisotopic (exact) mass is 321 g/mol. The van der Waals surface area contributed by atoms with Gasteiger partial charge in [-0.2, -0.15) is 0 Å². The van der Waals surface area contributed by atoms with Crippen molar-refractivity contribution in [1.29, 1.82) is 0 Å². The minimum Gasteiger partial charge on any atom is -0.398 e. The van der Waals surface area contributed by atoms with Crippen LogP contribution >= 0.6 is 0 Å². The van der Waals surface area contributed by atoms with Crippen molar-refractivity contribution in [3.63, 3.8) is 0 Å². The largest absolute Gasteiger partial charge is 0.398 e. The number of primary sulfonamides is 1. The van der Waals surface area contributed by atoms with Crippen molar-refractivity contribution >= 4 is 25.7 Å². The predicted octanol–water partition coefficient (Wildman–Crippen LogP) is -0.239. The lowest BCUT2D eigenvalue weighted by atomic mass is 10.1. The Morgan fingerprint density at radius 2 is 1.65 bits per heavy atom. The van der Waals surface area contributed by atoms with Crippen molar-refractivity contribution in [3.05, 3.63) is 22.8 Å². The number of nitrogen functional groups attached to an aromatic ring is 1. The van der Waals surface area contributed by atoms with E-state index in [0.29, 0.717) is 16.8 Å². The van der Waals surface area contributed by atoms with E-state index in [4.69, 9.17) is 10.9 Å². The van der Waals surface area contributed by atoms with Gasteiger partial charge in [-0.05, 0) is 43.5 Å². The number of nitrogens with one attached hydrogen (secondary N) is 1. The molecule has 20 heavy (non-hydrogen) atoms. The fourth-order valence-corrected chi connectivity index (χ4v) is 3.95. The molecule has 0 spiro atoms. The second-order valence-electron chi connectivity index (χ2n) is 4.63. The summed E-state index contributed by atoms with van der Waals surface area (Å²) in [6, 6.07) is 1.70. The number of nitrogens with two attached hydrogens (primary N) is 2. The average molecular weight is 321 g/mol. The van der Waals surface area contributed by atoms with Crippen LogP contribution in [0.5, 0.6) is 0 Å². The maximum absolute atomic E-state index is 12.3. The zero-order valence-electron chi connectivity index (χ0n) is 11.6. The van der Waals surface area contributed by atoms with E-state index in [1.54, 1.807) is 26.8 Å². The molecule has 5 N–H and O–H groups in total. The molecule has 0 aliphatic heterocycles. The zero-order valence-corrected chi connectivity index (χ0v) is 13.2. The van der Waals surface area contributed by atoms with Crippen molar-refractivity contribution in [2.45, 2.75) is 25.7 Å². The van der Waals surface area contributed by atoms with Crippen molar-refractivity contribution in [1.82, 2.24) is 4.72 Å². The Hall–Kier alpha value is -1.16. The Labute approximate surface area is 119 Å². The maximum atomic E-state index is 12.3.